The standard InChI is InChI=1S/C23H25F2N3O4/c1-13(26)22(31)28(23(32)20(29)15-10-16(24)12-17(25)11-15)19-18(8-5-9-27-21(19)30)14-6-3-2-4-7-14/h2-4,6-7,10-13,18-20,29H,5,8-9,26H2,1H3,(H,27,30)/t13-,18-,19-,20-/m0/s1. The van der Waals surface area contributed by atoms with Gasteiger partial charge < -0.3 is 16.2 Å². The lowest BCUT2D eigenvalue weighted by Gasteiger charge is -2.35. The van der Waals surface area contributed by atoms with E-state index in [9.17, 15) is 28.3 Å². The van der Waals surface area contributed by atoms with Gasteiger partial charge in [-0.25, -0.2) is 8.78 Å². The van der Waals surface area contributed by atoms with Gasteiger partial charge in [-0.05, 0) is 43.0 Å². The first-order valence-electron chi connectivity index (χ1n) is 10.3. The van der Waals surface area contributed by atoms with Gasteiger partial charge in [-0.2, -0.15) is 0 Å². The molecule has 1 fully saturated rings. The second kappa shape index (κ2) is 9.97. The van der Waals surface area contributed by atoms with Crippen molar-refractivity contribution in [1.82, 2.24) is 10.2 Å². The Morgan fingerprint density at radius 2 is 1.75 bits per heavy atom. The maximum Gasteiger partial charge on any atom is 0.263 e. The van der Waals surface area contributed by atoms with Crippen LogP contribution < -0.4 is 11.1 Å². The Morgan fingerprint density at radius 1 is 1.12 bits per heavy atom. The van der Waals surface area contributed by atoms with Gasteiger partial charge in [0.1, 0.15) is 17.7 Å². The number of halogens is 2. The number of carbonyl (C=O) groups excluding carboxylic acids is 3. The number of aliphatic hydroxyl groups is 1. The van der Waals surface area contributed by atoms with Crippen LogP contribution in [-0.4, -0.2) is 46.4 Å². The van der Waals surface area contributed by atoms with E-state index in [1.165, 1.54) is 6.92 Å². The van der Waals surface area contributed by atoms with Crippen molar-refractivity contribution in [2.75, 3.05) is 6.54 Å². The van der Waals surface area contributed by atoms with Crippen LogP contribution >= 0.6 is 0 Å². The van der Waals surface area contributed by atoms with Crippen LogP contribution in [0.4, 0.5) is 8.78 Å². The third-order valence-electron chi connectivity index (χ3n) is 5.45. The molecular weight excluding hydrogens is 420 g/mol. The van der Waals surface area contributed by atoms with Gasteiger partial charge in [0.15, 0.2) is 6.10 Å². The number of nitrogens with two attached hydrogens (primary N) is 1. The lowest BCUT2D eigenvalue weighted by atomic mass is 9.86. The Hall–Kier alpha value is -3.17. The van der Waals surface area contributed by atoms with Crippen LogP contribution in [0.2, 0.25) is 0 Å². The summed E-state index contributed by atoms with van der Waals surface area (Å²) in [5.41, 5.74) is 6.12. The molecule has 0 saturated carbocycles. The van der Waals surface area contributed by atoms with Crippen molar-refractivity contribution < 1.29 is 28.3 Å². The molecule has 4 atom stereocenters. The van der Waals surface area contributed by atoms with Gasteiger partial charge in [0.25, 0.3) is 5.91 Å². The number of amides is 3. The van der Waals surface area contributed by atoms with Crippen molar-refractivity contribution in [2.24, 2.45) is 5.73 Å². The van der Waals surface area contributed by atoms with Crippen molar-refractivity contribution >= 4 is 17.7 Å². The number of hydrogen-bond acceptors (Lipinski definition) is 5. The molecule has 0 bridgehead atoms. The molecule has 170 valence electrons. The fourth-order valence-corrected chi connectivity index (χ4v) is 3.93. The number of aliphatic hydroxyl groups excluding tert-OH is 1. The van der Waals surface area contributed by atoms with Crippen LogP contribution in [0.1, 0.15) is 42.9 Å². The second-order valence-electron chi connectivity index (χ2n) is 7.84. The lowest BCUT2D eigenvalue weighted by molar-refractivity contribution is -0.158. The minimum Gasteiger partial charge on any atom is -0.378 e. The Morgan fingerprint density at radius 3 is 2.34 bits per heavy atom. The topological polar surface area (TPSA) is 113 Å². The molecule has 1 aliphatic rings. The van der Waals surface area contributed by atoms with Crippen molar-refractivity contribution in [3.05, 3.63) is 71.3 Å². The van der Waals surface area contributed by atoms with Gasteiger partial charge in [0, 0.05) is 18.5 Å². The van der Waals surface area contributed by atoms with E-state index in [4.69, 9.17) is 5.73 Å². The zero-order valence-electron chi connectivity index (χ0n) is 17.5. The highest BCUT2D eigenvalue weighted by Gasteiger charge is 2.44. The first-order valence-corrected chi connectivity index (χ1v) is 10.3. The van der Waals surface area contributed by atoms with Crippen LogP contribution in [0.3, 0.4) is 0 Å². The Balaban J connectivity index is 2.08. The van der Waals surface area contributed by atoms with Gasteiger partial charge >= 0.3 is 0 Å². The molecule has 0 aliphatic carbocycles. The average molecular weight is 445 g/mol. The summed E-state index contributed by atoms with van der Waals surface area (Å²) in [5, 5.41) is 13.3. The molecule has 0 radical (unpaired) electrons. The van der Waals surface area contributed by atoms with E-state index in [0.29, 0.717) is 30.4 Å². The molecule has 1 aliphatic heterocycles. The molecule has 1 saturated heterocycles. The number of imide groups is 1. The van der Waals surface area contributed by atoms with Gasteiger partial charge in [0.05, 0.1) is 6.04 Å². The molecule has 7 nitrogen and oxygen atoms in total. The Kier molecular flexibility index (Phi) is 7.32. The molecule has 3 rings (SSSR count). The minimum atomic E-state index is -2.07. The number of carbonyl (C=O) groups is 3. The van der Waals surface area contributed by atoms with Crippen LogP contribution in [0.5, 0.6) is 0 Å². The molecule has 0 unspecified atom stereocenters. The van der Waals surface area contributed by atoms with E-state index in [0.717, 1.165) is 17.7 Å². The normalized spacial score (nSPS) is 20.6. The fourth-order valence-electron chi connectivity index (χ4n) is 3.93. The summed E-state index contributed by atoms with van der Waals surface area (Å²) in [5.74, 6) is -5.18. The SMILES string of the molecule is C[C@H](N)C(=O)N(C(=O)[C@@H](O)c1cc(F)cc(F)c1)[C@@H]1C(=O)NCCC[C@H]1c1ccccc1. The summed E-state index contributed by atoms with van der Waals surface area (Å²) in [7, 11) is 0. The molecule has 2 aromatic rings. The third-order valence-corrected chi connectivity index (χ3v) is 5.45. The molecule has 0 spiro atoms. The van der Waals surface area contributed by atoms with Crippen molar-refractivity contribution in [2.45, 2.75) is 43.9 Å². The number of nitrogens with zero attached hydrogens (tertiary/aromatic N) is 1. The van der Waals surface area contributed by atoms with E-state index >= 15 is 0 Å². The summed E-state index contributed by atoms with van der Waals surface area (Å²) in [6, 6.07) is 8.65. The van der Waals surface area contributed by atoms with E-state index in [1.54, 1.807) is 30.3 Å². The van der Waals surface area contributed by atoms with E-state index in [-0.39, 0.29) is 5.56 Å². The van der Waals surface area contributed by atoms with Crippen LogP contribution in [-0.2, 0) is 14.4 Å². The zero-order valence-corrected chi connectivity index (χ0v) is 17.5. The average Bonchev–Trinajstić information content (AvgIpc) is 2.95. The summed E-state index contributed by atoms with van der Waals surface area (Å²) >= 11 is 0. The van der Waals surface area contributed by atoms with Gasteiger partial charge in [-0.1, -0.05) is 30.3 Å². The first-order chi connectivity index (χ1) is 15.2. The van der Waals surface area contributed by atoms with Gasteiger partial charge in [-0.3, -0.25) is 19.3 Å². The maximum atomic E-state index is 13.7. The largest absolute Gasteiger partial charge is 0.378 e. The second-order valence-corrected chi connectivity index (χ2v) is 7.84. The van der Waals surface area contributed by atoms with Gasteiger partial charge in [-0.15, -0.1) is 0 Å². The molecule has 4 N–H and O–H groups in total. The van der Waals surface area contributed by atoms with E-state index < -0.39 is 53.5 Å². The molecular formula is C23H25F2N3O4. The van der Waals surface area contributed by atoms with Crippen LogP contribution in [0.25, 0.3) is 0 Å². The minimum absolute atomic E-state index is 0.352. The smallest absolute Gasteiger partial charge is 0.263 e. The third kappa shape index (κ3) is 5.00. The van der Waals surface area contributed by atoms with Crippen molar-refractivity contribution in [3.63, 3.8) is 0 Å². The molecule has 0 aromatic heterocycles. The predicted octanol–water partition coefficient (Wildman–Crippen LogP) is 1.76. The van der Waals surface area contributed by atoms with Crippen molar-refractivity contribution in [1.29, 1.82) is 0 Å². The fraction of sp³-hybridized carbons (Fsp3) is 0.348. The molecule has 2 aromatic carbocycles. The van der Waals surface area contributed by atoms with E-state index in [1.807, 2.05) is 0 Å². The Bertz CT molecular complexity index is 980. The van der Waals surface area contributed by atoms with Gasteiger partial charge in [0.2, 0.25) is 11.8 Å². The molecule has 32 heavy (non-hydrogen) atoms. The van der Waals surface area contributed by atoms with E-state index in [2.05, 4.69) is 5.32 Å². The first kappa shape index (κ1) is 23.5. The summed E-state index contributed by atoms with van der Waals surface area (Å²) in [6.45, 7) is 1.70. The quantitative estimate of drug-likeness (QED) is 0.649. The van der Waals surface area contributed by atoms with Crippen molar-refractivity contribution in [3.8, 4) is 0 Å². The zero-order chi connectivity index (χ0) is 23.4. The Labute approximate surface area is 184 Å². The molecule has 9 heteroatoms. The van der Waals surface area contributed by atoms with Crippen LogP contribution in [0.15, 0.2) is 48.5 Å². The molecule has 3 amide bonds. The number of hydrogen-bond donors (Lipinski definition) is 3. The number of rotatable bonds is 5. The highest BCUT2D eigenvalue weighted by atomic mass is 19.1. The highest BCUT2D eigenvalue weighted by Crippen LogP contribution is 2.32. The summed E-state index contributed by atoms with van der Waals surface area (Å²) < 4.78 is 27.3. The molecule has 1 heterocycles. The predicted molar refractivity (Wildman–Crippen MR) is 112 cm³/mol. The van der Waals surface area contributed by atoms with Crippen LogP contribution in [0, 0.1) is 11.6 Å². The summed E-state index contributed by atoms with van der Waals surface area (Å²) in [4.78, 5) is 40.0. The summed E-state index contributed by atoms with van der Waals surface area (Å²) in [6.07, 6.45) is -0.988. The highest BCUT2D eigenvalue weighted by molar-refractivity contribution is 6.04. The number of nitrogens with one attached hydrogen (secondary N) is 1. The monoisotopic (exact) mass is 445 g/mol. The lowest BCUT2D eigenvalue weighted by Crippen LogP contribution is -2.58. The maximum absolute atomic E-state index is 13.7. The number of benzene rings is 2.